The van der Waals surface area contributed by atoms with Gasteiger partial charge in [0.1, 0.15) is 5.00 Å². The van der Waals surface area contributed by atoms with Gasteiger partial charge in [-0.2, -0.15) is 0 Å². The fourth-order valence-electron chi connectivity index (χ4n) is 3.70. The zero-order valence-electron chi connectivity index (χ0n) is 19.5. The number of methoxy groups -OCH3 is 1. The molecule has 0 saturated heterocycles. The van der Waals surface area contributed by atoms with Gasteiger partial charge >= 0.3 is 5.97 Å². The second-order valence-electron chi connectivity index (χ2n) is 7.27. The van der Waals surface area contributed by atoms with Crippen LogP contribution in [0, 0.1) is 13.8 Å². The van der Waals surface area contributed by atoms with Crippen LogP contribution in [0.5, 0.6) is 0 Å². The van der Waals surface area contributed by atoms with E-state index in [2.05, 4.69) is 41.3 Å². The number of allylic oxidation sites excluding steroid dienone is 1. The van der Waals surface area contributed by atoms with Crippen molar-refractivity contribution in [3.05, 3.63) is 44.5 Å². The first kappa shape index (κ1) is 25.2. The van der Waals surface area contributed by atoms with E-state index in [1.807, 2.05) is 18.4 Å². The molecular formula is C23H28N4O3S3. The van der Waals surface area contributed by atoms with Gasteiger partial charge in [0, 0.05) is 27.2 Å². The minimum atomic E-state index is -0.438. The van der Waals surface area contributed by atoms with E-state index < -0.39 is 5.97 Å². The first-order chi connectivity index (χ1) is 15.9. The average Bonchev–Trinajstić information content (AvgIpc) is 3.46. The van der Waals surface area contributed by atoms with E-state index in [1.165, 1.54) is 40.6 Å². The lowest BCUT2D eigenvalue weighted by Gasteiger charge is -2.09. The Kier molecular flexibility index (Phi) is 8.50. The van der Waals surface area contributed by atoms with E-state index in [1.54, 1.807) is 17.4 Å². The normalized spacial score (nSPS) is 10.9. The van der Waals surface area contributed by atoms with Gasteiger partial charge in [0.2, 0.25) is 5.91 Å². The Morgan fingerprint density at radius 1 is 1.21 bits per heavy atom. The minimum Gasteiger partial charge on any atom is -0.465 e. The molecular weight excluding hydrogens is 476 g/mol. The molecule has 10 heteroatoms. The van der Waals surface area contributed by atoms with Crippen molar-refractivity contribution in [3.8, 4) is 11.4 Å². The number of carbonyl (C=O) groups excluding carboxylic acids is 2. The fraction of sp³-hybridized carbons (Fsp3) is 0.391. The monoisotopic (exact) mass is 504 g/mol. The molecule has 3 heterocycles. The molecule has 1 amide bonds. The number of nitrogens with one attached hydrogen (secondary N) is 1. The molecule has 0 bridgehead atoms. The molecule has 3 aromatic heterocycles. The summed E-state index contributed by atoms with van der Waals surface area (Å²) in [7, 11) is 1.35. The van der Waals surface area contributed by atoms with Crippen molar-refractivity contribution in [1.29, 1.82) is 0 Å². The second-order valence-corrected chi connectivity index (χ2v) is 10.5. The Labute approximate surface area is 206 Å². The van der Waals surface area contributed by atoms with Crippen LogP contribution in [0.2, 0.25) is 0 Å². The van der Waals surface area contributed by atoms with Crippen LogP contribution in [0.1, 0.15) is 45.1 Å². The molecule has 0 atom stereocenters. The summed E-state index contributed by atoms with van der Waals surface area (Å²) in [6.07, 6.45) is 3.40. The quantitative estimate of drug-likeness (QED) is 0.222. The maximum absolute atomic E-state index is 12.8. The van der Waals surface area contributed by atoms with Gasteiger partial charge in [-0.05, 0) is 37.8 Å². The lowest BCUT2D eigenvalue weighted by Crippen LogP contribution is -2.16. The number of hydrogen-bond donors (Lipinski definition) is 1. The molecule has 0 fully saturated rings. The Morgan fingerprint density at radius 2 is 1.94 bits per heavy atom. The summed E-state index contributed by atoms with van der Waals surface area (Å²) >= 11 is 4.40. The average molecular weight is 505 g/mol. The number of thiophene rings is 2. The number of ether oxygens (including phenoxy) is 1. The zero-order valence-corrected chi connectivity index (χ0v) is 21.9. The molecule has 33 heavy (non-hydrogen) atoms. The van der Waals surface area contributed by atoms with Crippen LogP contribution >= 0.6 is 34.4 Å². The molecule has 0 unspecified atom stereocenters. The van der Waals surface area contributed by atoms with Gasteiger partial charge in [0.05, 0.1) is 18.4 Å². The van der Waals surface area contributed by atoms with Crippen LogP contribution in [0.3, 0.4) is 0 Å². The first-order valence-electron chi connectivity index (χ1n) is 10.6. The Morgan fingerprint density at radius 3 is 2.58 bits per heavy atom. The van der Waals surface area contributed by atoms with Crippen molar-refractivity contribution < 1.29 is 14.3 Å². The highest BCUT2D eigenvalue weighted by atomic mass is 32.2. The maximum atomic E-state index is 12.8. The molecule has 3 aromatic rings. The van der Waals surface area contributed by atoms with Crippen LogP contribution in [-0.4, -0.2) is 39.5 Å². The minimum absolute atomic E-state index is 0.137. The number of rotatable bonds is 10. The SMILES string of the molecule is C=CCn1c(SCC(=O)Nc2sc(C)c(CC)c2C(=O)OC)nnc1-c1csc(C)c1CC. The summed E-state index contributed by atoms with van der Waals surface area (Å²) in [6, 6.07) is 0. The van der Waals surface area contributed by atoms with Crippen LogP contribution in [0.4, 0.5) is 5.00 Å². The van der Waals surface area contributed by atoms with Crippen molar-refractivity contribution in [2.75, 3.05) is 18.2 Å². The van der Waals surface area contributed by atoms with Crippen molar-refractivity contribution in [3.63, 3.8) is 0 Å². The first-order valence-corrected chi connectivity index (χ1v) is 13.3. The molecule has 0 aliphatic carbocycles. The van der Waals surface area contributed by atoms with Gasteiger partial charge in [-0.25, -0.2) is 4.79 Å². The number of esters is 1. The van der Waals surface area contributed by atoms with Crippen LogP contribution in [0.25, 0.3) is 11.4 Å². The Bertz CT molecular complexity index is 1180. The lowest BCUT2D eigenvalue weighted by molar-refractivity contribution is -0.113. The molecule has 0 aliphatic heterocycles. The van der Waals surface area contributed by atoms with Crippen molar-refractivity contribution in [2.24, 2.45) is 0 Å². The summed E-state index contributed by atoms with van der Waals surface area (Å²) in [5, 5.41) is 14.9. The lowest BCUT2D eigenvalue weighted by atomic mass is 10.1. The molecule has 0 radical (unpaired) electrons. The number of aromatic nitrogens is 3. The molecule has 0 aromatic carbocycles. The van der Waals surface area contributed by atoms with E-state index in [9.17, 15) is 9.59 Å². The molecule has 1 N–H and O–H groups in total. The number of aryl methyl sites for hydroxylation is 2. The predicted molar refractivity (Wildman–Crippen MR) is 137 cm³/mol. The van der Waals surface area contributed by atoms with Gasteiger partial charge in [-0.15, -0.1) is 39.4 Å². The molecule has 0 aliphatic rings. The number of hydrogen-bond acceptors (Lipinski definition) is 8. The molecule has 3 rings (SSSR count). The fourth-order valence-corrected chi connectivity index (χ4v) is 6.53. The number of amides is 1. The number of nitrogens with zero attached hydrogens (tertiary/aromatic N) is 3. The Hall–Kier alpha value is -2.43. The van der Waals surface area contributed by atoms with Gasteiger partial charge < -0.3 is 10.1 Å². The summed E-state index contributed by atoms with van der Waals surface area (Å²) < 4.78 is 6.91. The standard InChI is InChI=1S/C23H28N4O3S3/c1-7-10-27-20(17-11-31-13(4)15(17)8-2)25-26-23(27)32-12-18(28)24-21-19(22(29)30-6)16(9-3)14(5)33-21/h7,11H,1,8-10,12H2,2-6H3,(H,24,28). The molecule has 0 saturated carbocycles. The van der Waals surface area contributed by atoms with Crippen molar-refractivity contribution >= 4 is 51.3 Å². The van der Waals surface area contributed by atoms with Gasteiger partial charge in [-0.3, -0.25) is 9.36 Å². The maximum Gasteiger partial charge on any atom is 0.341 e. The smallest absolute Gasteiger partial charge is 0.341 e. The highest BCUT2D eigenvalue weighted by molar-refractivity contribution is 7.99. The molecule has 176 valence electrons. The van der Waals surface area contributed by atoms with Gasteiger partial charge in [0.15, 0.2) is 11.0 Å². The highest BCUT2D eigenvalue weighted by Crippen LogP contribution is 2.35. The van der Waals surface area contributed by atoms with E-state index >= 15 is 0 Å². The van der Waals surface area contributed by atoms with Gasteiger partial charge in [0.25, 0.3) is 0 Å². The second kappa shape index (κ2) is 11.1. The van der Waals surface area contributed by atoms with E-state index in [4.69, 9.17) is 4.74 Å². The summed E-state index contributed by atoms with van der Waals surface area (Å²) in [5.41, 5.74) is 3.69. The van der Waals surface area contributed by atoms with Crippen LogP contribution < -0.4 is 5.32 Å². The number of thioether (sulfide) groups is 1. The molecule has 0 spiro atoms. The summed E-state index contributed by atoms with van der Waals surface area (Å²) in [6.45, 7) is 12.6. The Balaban J connectivity index is 1.79. The third kappa shape index (κ3) is 5.23. The van der Waals surface area contributed by atoms with Crippen LogP contribution in [-0.2, 0) is 28.9 Å². The third-order valence-electron chi connectivity index (χ3n) is 5.26. The highest BCUT2D eigenvalue weighted by Gasteiger charge is 2.24. The predicted octanol–water partition coefficient (Wildman–Crippen LogP) is 5.51. The summed E-state index contributed by atoms with van der Waals surface area (Å²) in [5.74, 6) is 0.266. The molecule has 7 nitrogen and oxygen atoms in total. The number of carbonyl (C=O) groups is 2. The third-order valence-corrected chi connectivity index (χ3v) is 8.25. The number of anilines is 1. The van der Waals surface area contributed by atoms with E-state index in [0.29, 0.717) is 28.7 Å². The van der Waals surface area contributed by atoms with E-state index in [-0.39, 0.29) is 11.7 Å². The zero-order chi connectivity index (χ0) is 24.1. The van der Waals surface area contributed by atoms with Gasteiger partial charge in [-0.1, -0.05) is 31.7 Å². The van der Waals surface area contributed by atoms with Crippen molar-refractivity contribution in [2.45, 2.75) is 52.2 Å². The van der Waals surface area contributed by atoms with E-state index in [0.717, 1.165) is 28.2 Å². The van der Waals surface area contributed by atoms with Crippen molar-refractivity contribution in [1.82, 2.24) is 14.8 Å². The topological polar surface area (TPSA) is 86.1 Å². The largest absolute Gasteiger partial charge is 0.465 e. The summed E-state index contributed by atoms with van der Waals surface area (Å²) in [4.78, 5) is 27.3. The van der Waals surface area contributed by atoms with Crippen LogP contribution in [0.15, 0.2) is 23.2 Å².